The summed E-state index contributed by atoms with van der Waals surface area (Å²) >= 11 is 1.77. The summed E-state index contributed by atoms with van der Waals surface area (Å²) in [4.78, 5) is 0. The van der Waals surface area contributed by atoms with E-state index in [4.69, 9.17) is 0 Å². The Hall–Kier alpha value is -1.68. The van der Waals surface area contributed by atoms with Crippen LogP contribution in [-0.4, -0.2) is 11.7 Å². The summed E-state index contributed by atoms with van der Waals surface area (Å²) < 4.78 is 1.31. The first kappa shape index (κ1) is 13.3. The Morgan fingerprint density at radius 1 is 1.00 bits per heavy atom. The Bertz CT molecular complexity index is 678. The van der Waals surface area contributed by atoms with Gasteiger partial charge in [0.2, 0.25) is 0 Å². The molecule has 3 heteroatoms. The molecule has 1 heterocycles. The largest absolute Gasteiger partial charge is 0.394 e. The molecule has 20 heavy (non-hydrogen) atoms. The van der Waals surface area contributed by atoms with Gasteiger partial charge >= 0.3 is 0 Å². The quantitative estimate of drug-likeness (QED) is 0.748. The van der Waals surface area contributed by atoms with Crippen LogP contribution in [0.4, 0.5) is 0 Å². The molecular formula is C17H17NOS. The summed E-state index contributed by atoms with van der Waals surface area (Å²) in [7, 11) is 0. The minimum atomic E-state index is -0.0186. The molecule has 3 rings (SSSR count). The van der Waals surface area contributed by atoms with Gasteiger partial charge in [0.25, 0.3) is 0 Å². The molecule has 2 nitrogen and oxygen atoms in total. The summed E-state index contributed by atoms with van der Waals surface area (Å²) in [5.74, 6) is 0. The number of rotatable bonds is 5. The lowest BCUT2D eigenvalue weighted by molar-refractivity contribution is 0.244. The van der Waals surface area contributed by atoms with Crippen LogP contribution >= 0.6 is 11.3 Å². The number of hydrogen-bond donors (Lipinski definition) is 2. The number of nitrogens with one attached hydrogen (secondary N) is 1. The average molecular weight is 283 g/mol. The Morgan fingerprint density at radius 3 is 2.55 bits per heavy atom. The van der Waals surface area contributed by atoms with Crippen molar-refractivity contribution in [2.45, 2.75) is 12.6 Å². The fraction of sp³-hybridized carbons (Fsp3) is 0.176. The van der Waals surface area contributed by atoms with Crippen LogP contribution in [0.3, 0.4) is 0 Å². The summed E-state index contributed by atoms with van der Waals surface area (Å²) in [5, 5.41) is 16.5. The molecule has 0 aliphatic rings. The zero-order valence-corrected chi connectivity index (χ0v) is 11.9. The van der Waals surface area contributed by atoms with Gasteiger partial charge in [0, 0.05) is 11.2 Å². The van der Waals surface area contributed by atoms with Gasteiger partial charge in [-0.05, 0) is 28.0 Å². The second-order valence-corrected chi connectivity index (χ2v) is 5.70. The molecule has 3 aromatic rings. The molecule has 0 fully saturated rings. The topological polar surface area (TPSA) is 32.3 Å². The maximum atomic E-state index is 9.56. The molecule has 2 N–H and O–H groups in total. The van der Waals surface area contributed by atoms with Crippen LogP contribution in [-0.2, 0) is 6.54 Å². The highest BCUT2D eigenvalue weighted by atomic mass is 32.1. The molecule has 0 unspecified atom stereocenters. The summed E-state index contributed by atoms with van der Waals surface area (Å²) in [6.45, 7) is 0.871. The van der Waals surface area contributed by atoms with E-state index in [9.17, 15) is 5.11 Å². The molecule has 1 atom stereocenters. The van der Waals surface area contributed by atoms with E-state index in [-0.39, 0.29) is 12.6 Å². The van der Waals surface area contributed by atoms with Gasteiger partial charge in [-0.25, -0.2) is 0 Å². The Kier molecular flexibility index (Phi) is 4.11. The van der Waals surface area contributed by atoms with E-state index in [1.54, 1.807) is 11.3 Å². The standard InChI is InChI=1S/C17H17NOS/c19-11-16(13-6-2-1-3-7-13)18-10-14-12-20-17-9-5-4-8-15(14)17/h1-9,12,16,18-19H,10-11H2/t16-/m0/s1. The van der Waals surface area contributed by atoms with Crippen LogP contribution < -0.4 is 5.32 Å². The van der Waals surface area contributed by atoms with E-state index < -0.39 is 0 Å². The number of aliphatic hydroxyl groups excluding tert-OH is 1. The molecule has 0 aliphatic heterocycles. The first-order valence-corrected chi connectivity index (χ1v) is 7.61. The Balaban J connectivity index is 1.75. The van der Waals surface area contributed by atoms with Crippen molar-refractivity contribution in [3.8, 4) is 0 Å². The van der Waals surface area contributed by atoms with Gasteiger partial charge in [0.05, 0.1) is 12.6 Å². The SMILES string of the molecule is OC[C@H](NCc1csc2ccccc12)c1ccccc1. The lowest BCUT2D eigenvalue weighted by Crippen LogP contribution is -2.23. The van der Waals surface area contributed by atoms with E-state index >= 15 is 0 Å². The van der Waals surface area contributed by atoms with Crippen molar-refractivity contribution in [3.05, 3.63) is 71.1 Å². The van der Waals surface area contributed by atoms with Crippen LogP contribution in [0.15, 0.2) is 60.0 Å². The lowest BCUT2D eigenvalue weighted by atomic mass is 10.1. The predicted octanol–water partition coefficient (Wildman–Crippen LogP) is 3.72. The normalized spacial score (nSPS) is 12.7. The second kappa shape index (κ2) is 6.18. The fourth-order valence-corrected chi connectivity index (χ4v) is 3.34. The zero-order valence-electron chi connectivity index (χ0n) is 11.1. The van der Waals surface area contributed by atoms with Gasteiger partial charge in [0.1, 0.15) is 0 Å². The van der Waals surface area contributed by atoms with Crippen molar-refractivity contribution < 1.29 is 5.11 Å². The Morgan fingerprint density at radius 2 is 1.75 bits per heavy atom. The average Bonchev–Trinajstić information content (AvgIpc) is 2.92. The van der Waals surface area contributed by atoms with Crippen LogP contribution in [0.1, 0.15) is 17.2 Å². The second-order valence-electron chi connectivity index (χ2n) is 4.78. The number of benzene rings is 2. The highest BCUT2D eigenvalue weighted by Gasteiger charge is 2.10. The maximum Gasteiger partial charge on any atom is 0.0626 e. The minimum Gasteiger partial charge on any atom is -0.394 e. The van der Waals surface area contributed by atoms with E-state index in [0.29, 0.717) is 0 Å². The van der Waals surface area contributed by atoms with E-state index in [0.717, 1.165) is 12.1 Å². The van der Waals surface area contributed by atoms with Crippen molar-refractivity contribution in [2.24, 2.45) is 0 Å². The van der Waals surface area contributed by atoms with Crippen molar-refractivity contribution in [2.75, 3.05) is 6.61 Å². The number of hydrogen-bond acceptors (Lipinski definition) is 3. The third-order valence-corrected chi connectivity index (χ3v) is 4.50. The molecule has 0 saturated heterocycles. The van der Waals surface area contributed by atoms with Crippen LogP contribution in [0.2, 0.25) is 0 Å². The molecular weight excluding hydrogens is 266 g/mol. The van der Waals surface area contributed by atoms with E-state index in [1.165, 1.54) is 15.6 Å². The van der Waals surface area contributed by atoms with Crippen LogP contribution in [0.5, 0.6) is 0 Å². The molecule has 2 aromatic carbocycles. The number of aliphatic hydroxyl groups is 1. The van der Waals surface area contributed by atoms with Gasteiger partial charge in [-0.2, -0.15) is 0 Å². The predicted molar refractivity (Wildman–Crippen MR) is 84.9 cm³/mol. The van der Waals surface area contributed by atoms with E-state index in [1.807, 2.05) is 30.3 Å². The Labute approximate surface area is 122 Å². The third-order valence-electron chi connectivity index (χ3n) is 3.48. The summed E-state index contributed by atoms with van der Waals surface area (Å²) in [5.41, 5.74) is 2.41. The highest BCUT2D eigenvalue weighted by molar-refractivity contribution is 7.17. The monoisotopic (exact) mass is 283 g/mol. The minimum absolute atomic E-state index is 0.0186. The number of fused-ring (bicyclic) bond motifs is 1. The fourth-order valence-electron chi connectivity index (χ4n) is 2.38. The summed E-state index contributed by atoms with van der Waals surface area (Å²) in [6, 6.07) is 18.5. The smallest absolute Gasteiger partial charge is 0.0626 e. The molecule has 102 valence electrons. The third kappa shape index (κ3) is 2.75. The van der Waals surface area contributed by atoms with Crippen molar-refractivity contribution in [3.63, 3.8) is 0 Å². The van der Waals surface area contributed by atoms with Crippen molar-refractivity contribution >= 4 is 21.4 Å². The lowest BCUT2D eigenvalue weighted by Gasteiger charge is -2.16. The van der Waals surface area contributed by atoms with Gasteiger partial charge < -0.3 is 10.4 Å². The van der Waals surface area contributed by atoms with Gasteiger partial charge in [-0.3, -0.25) is 0 Å². The van der Waals surface area contributed by atoms with Gasteiger partial charge in [-0.15, -0.1) is 11.3 Å². The van der Waals surface area contributed by atoms with Crippen LogP contribution in [0.25, 0.3) is 10.1 Å². The first-order valence-electron chi connectivity index (χ1n) is 6.73. The van der Waals surface area contributed by atoms with Crippen LogP contribution in [0, 0.1) is 0 Å². The van der Waals surface area contributed by atoms with Gasteiger partial charge in [-0.1, -0.05) is 48.5 Å². The maximum absolute atomic E-state index is 9.56. The molecule has 0 bridgehead atoms. The molecule has 0 radical (unpaired) electrons. The van der Waals surface area contributed by atoms with Crippen molar-refractivity contribution in [1.82, 2.24) is 5.32 Å². The first-order chi connectivity index (χ1) is 9.88. The molecule has 0 aliphatic carbocycles. The highest BCUT2D eigenvalue weighted by Crippen LogP contribution is 2.26. The number of thiophene rings is 1. The zero-order chi connectivity index (χ0) is 13.8. The molecule has 0 spiro atoms. The van der Waals surface area contributed by atoms with Crippen molar-refractivity contribution in [1.29, 1.82) is 0 Å². The summed E-state index contributed by atoms with van der Waals surface area (Å²) in [6.07, 6.45) is 0. The molecule has 0 saturated carbocycles. The molecule has 0 amide bonds. The van der Waals surface area contributed by atoms with E-state index in [2.05, 4.69) is 35.0 Å². The van der Waals surface area contributed by atoms with Gasteiger partial charge in [0.15, 0.2) is 0 Å². The molecule has 1 aromatic heterocycles.